The van der Waals surface area contributed by atoms with Crippen LogP contribution in [0.2, 0.25) is 0 Å². The molecule has 166 valence electrons. The summed E-state index contributed by atoms with van der Waals surface area (Å²) < 4.78 is 19.7. The highest BCUT2D eigenvalue weighted by Crippen LogP contribution is 2.41. The van der Waals surface area contributed by atoms with E-state index in [1.165, 1.54) is 12.1 Å². The Hall–Kier alpha value is -4.23. The SMILES string of the molecule is CNC(=O)c1c(-c2ccc(F)cc2)oc2c1cc(-c1cccc(C=O)c1)c1[nH]ccc12.CO. The first-order chi connectivity index (χ1) is 16.1. The summed E-state index contributed by atoms with van der Waals surface area (Å²) in [7, 11) is 2.55. The molecular formula is C26H21FN2O4. The number of halogens is 1. The first-order valence-electron chi connectivity index (χ1n) is 10.2. The minimum absolute atomic E-state index is 0.305. The van der Waals surface area contributed by atoms with Crippen LogP contribution in [0.3, 0.4) is 0 Å². The fourth-order valence-corrected chi connectivity index (χ4v) is 3.94. The third-order valence-electron chi connectivity index (χ3n) is 5.39. The molecule has 0 aliphatic heterocycles. The minimum atomic E-state index is -0.369. The van der Waals surface area contributed by atoms with Crippen LogP contribution in [0, 0.1) is 5.82 Å². The summed E-state index contributed by atoms with van der Waals surface area (Å²) in [6.45, 7) is 0. The monoisotopic (exact) mass is 444 g/mol. The molecule has 7 heteroatoms. The van der Waals surface area contributed by atoms with Gasteiger partial charge in [0.05, 0.1) is 11.1 Å². The van der Waals surface area contributed by atoms with E-state index in [4.69, 9.17) is 9.52 Å². The maximum Gasteiger partial charge on any atom is 0.255 e. The molecule has 1 amide bonds. The van der Waals surface area contributed by atoms with Gasteiger partial charge in [0, 0.05) is 47.8 Å². The van der Waals surface area contributed by atoms with Crippen molar-refractivity contribution in [3.05, 3.63) is 83.8 Å². The van der Waals surface area contributed by atoms with Crippen molar-refractivity contribution in [2.24, 2.45) is 0 Å². The van der Waals surface area contributed by atoms with Gasteiger partial charge in [-0.3, -0.25) is 9.59 Å². The van der Waals surface area contributed by atoms with Crippen molar-refractivity contribution in [2.75, 3.05) is 14.2 Å². The Labute approximate surface area is 188 Å². The van der Waals surface area contributed by atoms with Crippen molar-refractivity contribution in [1.82, 2.24) is 10.3 Å². The number of aliphatic hydroxyl groups excluding tert-OH is 1. The van der Waals surface area contributed by atoms with Crippen molar-refractivity contribution in [2.45, 2.75) is 0 Å². The Bertz CT molecular complexity index is 1470. The van der Waals surface area contributed by atoms with E-state index in [1.54, 1.807) is 37.5 Å². The summed E-state index contributed by atoms with van der Waals surface area (Å²) in [4.78, 5) is 27.4. The number of H-pyrrole nitrogens is 1. The molecule has 5 aromatic rings. The number of benzene rings is 3. The lowest BCUT2D eigenvalue weighted by Crippen LogP contribution is -2.18. The van der Waals surface area contributed by atoms with Crippen molar-refractivity contribution in [3.63, 3.8) is 0 Å². The number of nitrogens with one attached hydrogen (secondary N) is 2. The molecule has 0 saturated heterocycles. The van der Waals surface area contributed by atoms with Crippen LogP contribution in [0.15, 0.2) is 71.3 Å². The zero-order valence-electron chi connectivity index (χ0n) is 18.0. The number of fused-ring (bicyclic) bond motifs is 3. The minimum Gasteiger partial charge on any atom is -0.454 e. The number of aliphatic hydroxyl groups is 1. The van der Waals surface area contributed by atoms with E-state index in [0.29, 0.717) is 33.4 Å². The number of carbonyl (C=O) groups excluding carboxylic acids is 2. The number of furan rings is 1. The fourth-order valence-electron chi connectivity index (χ4n) is 3.94. The maximum absolute atomic E-state index is 13.5. The smallest absolute Gasteiger partial charge is 0.255 e. The second kappa shape index (κ2) is 9.10. The van der Waals surface area contributed by atoms with E-state index in [1.807, 2.05) is 24.3 Å². The van der Waals surface area contributed by atoms with Gasteiger partial charge in [0.25, 0.3) is 5.91 Å². The van der Waals surface area contributed by atoms with Crippen molar-refractivity contribution in [1.29, 1.82) is 0 Å². The Morgan fingerprint density at radius 3 is 2.48 bits per heavy atom. The van der Waals surface area contributed by atoms with E-state index < -0.39 is 0 Å². The van der Waals surface area contributed by atoms with Crippen molar-refractivity contribution < 1.29 is 23.5 Å². The maximum atomic E-state index is 13.5. The van der Waals surface area contributed by atoms with Crippen LogP contribution >= 0.6 is 0 Å². The van der Waals surface area contributed by atoms with E-state index in [9.17, 15) is 14.0 Å². The number of amides is 1. The average molecular weight is 444 g/mol. The zero-order valence-corrected chi connectivity index (χ0v) is 18.0. The van der Waals surface area contributed by atoms with Gasteiger partial charge in [-0.05, 0) is 48.0 Å². The molecule has 0 aliphatic carbocycles. The molecule has 0 bridgehead atoms. The van der Waals surface area contributed by atoms with E-state index in [0.717, 1.165) is 35.4 Å². The highest BCUT2D eigenvalue weighted by molar-refractivity contribution is 6.19. The van der Waals surface area contributed by atoms with Gasteiger partial charge in [0.1, 0.15) is 23.4 Å². The molecule has 0 unspecified atom stereocenters. The summed E-state index contributed by atoms with van der Waals surface area (Å²) in [6, 6.07) is 16.9. The number of hydrogen-bond donors (Lipinski definition) is 3. The van der Waals surface area contributed by atoms with Crippen LogP contribution in [0.5, 0.6) is 0 Å². The average Bonchev–Trinajstić information content (AvgIpc) is 3.50. The number of aromatic amines is 1. The molecule has 33 heavy (non-hydrogen) atoms. The predicted octanol–water partition coefficient (Wildman–Crippen LogP) is 5.17. The van der Waals surface area contributed by atoms with Crippen LogP contribution in [0.25, 0.3) is 44.3 Å². The third kappa shape index (κ3) is 3.79. The van der Waals surface area contributed by atoms with Gasteiger partial charge < -0.3 is 19.8 Å². The molecule has 0 aliphatic rings. The number of carbonyl (C=O) groups is 2. The Morgan fingerprint density at radius 2 is 1.79 bits per heavy atom. The molecular weight excluding hydrogens is 423 g/mol. The van der Waals surface area contributed by atoms with Crippen LogP contribution in [0.4, 0.5) is 4.39 Å². The predicted molar refractivity (Wildman–Crippen MR) is 126 cm³/mol. The number of aldehydes is 1. The molecule has 5 rings (SSSR count). The van der Waals surface area contributed by atoms with Gasteiger partial charge in [0.15, 0.2) is 0 Å². The molecule has 3 N–H and O–H groups in total. The number of aromatic nitrogens is 1. The first-order valence-corrected chi connectivity index (χ1v) is 10.2. The molecule has 0 atom stereocenters. The molecule has 0 spiro atoms. The van der Waals surface area contributed by atoms with E-state index in [-0.39, 0.29) is 11.7 Å². The standard InChI is InChI=1S/C25H17FN2O3.CH4O/c1-27-25(30)21-20-12-19(16-4-2-3-14(11-16)13-29)22-18(9-10-28-22)24(20)31-23(21)15-5-7-17(26)8-6-15;1-2/h2-13,28H,1H3,(H,27,30);2H,1H3. The third-order valence-corrected chi connectivity index (χ3v) is 5.39. The Kier molecular flexibility index (Phi) is 6.06. The van der Waals surface area contributed by atoms with Gasteiger partial charge >= 0.3 is 0 Å². The molecule has 6 nitrogen and oxygen atoms in total. The molecule has 0 saturated carbocycles. The lowest BCUT2D eigenvalue weighted by atomic mass is 9.97. The summed E-state index contributed by atoms with van der Waals surface area (Å²) >= 11 is 0. The van der Waals surface area contributed by atoms with Crippen LogP contribution in [-0.4, -0.2) is 36.4 Å². The number of hydrogen-bond acceptors (Lipinski definition) is 4. The normalized spacial score (nSPS) is 10.7. The highest BCUT2D eigenvalue weighted by Gasteiger charge is 2.24. The first kappa shape index (κ1) is 22.0. The van der Waals surface area contributed by atoms with Gasteiger partial charge in [0.2, 0.25) is 0 Å². The van der Waals surface area contributed by atoms with Gasteiger partial charge in [-0.25, -0.2) is 4.39 Å². The fraction of sp³-hybridized carbons (Fsp3) is 0.0769. The lowest BCUT2D eigenvalue weighted by molar-refractivity contribution is 0.0964. The van der Waals surface area contributed by atoms with E-state index in [2.05, 4.69) is 10.3 Å². The van der Waals surface area contributed by atoms with Crippen LogP contribution in [0.1, 0.15) is 20.7 Å². The van der Waals surface area contributed by atoms with Gasteiger partial charge in [-0.1, -0.05) is 18.2 Å². The summed E-state index contributed by atoms with van der Waals surface area (Å²) in [5, 5.41) is 11.1. The number of rotatable bonds is 4. The second-order valence-corrected chi connectivity index (χ2v) is 7.20. The topological polar surface area (TPSA) is 95.3 Å². The zero-order chi connectivity index (χ0) is 23.5. The molecule has 0 fully saturated rings. The van der Waals surface area contributed by atoms with Crippen LogP contribution in [-0.2, 0) is 0 Å². The van der Waals surface area contributed by atoms with Gasteiger partial charge in [-0.2, -0.15) is 0 Å². The summed E-state index contributed by atoms with van der Waals surface area (Å²) in [6.07, 6.45) is 2.60. The quantitative estimate of drug-likeness (QED) is 0.333. The lowest BCUT2D eigenvalue weighted by Gasteiger charge is -2.07. The summed E-state index contributed by atoms with van der Waals surface area (Å²) in [5.74, 6) is -0.303. The molecule has 2 aromatic heterocycles. The second-order valence-electron chi connectivity index (χ2n) is 7.20. The molecule has 2 heterocycles. The summed E-state index contributed by atoms with van der Waals surface area (Å²) in [5.41, 5.74) is 4.61. The Balaban J connectivity index is 0.00000126. The van der Waals surface area contributed by atoms with Crippen molar-refractivity contribution in [3.8, 4) is 22.5 Å². The molecule has 3 aromatic carbocycles. The van der Waals surface area contributed by atoms with E-state index >= 15 is 0 Å². The van der Waals surface area contributed by atoms with Crippen molar-refractivity contribution >= 4 is 34.1 Å². The largest absolute Gasteiger partial charge is 0.454 e. The molecule has 0 radical (unpaired) electrons. The van der Waals surface area contributed by atoms with Crippen LogP contribution < -0.4 is 5.32 Å². The highest BCUT2D eigenvalue weighted by atomic mass is 19.1. The van der Waals surface area contributed by atoms with Gasteiger partial charge in [-0.15, -0.1) is 0 Å². The Morgan fingerprint density at radius 1 is 1.03 bits per heavy atom.